The van der Waals surface area contributed by atoms with Gasteiger partial charge in [0.2, 0.25) is 0 Å². The highest BCUT2D eigenvalue weighted by Crippen LogP contribution is 2.32. The Labute approximate surface area is 139 Å². The molecule has 4 nitrogen and oxygen atoms in total. The third-order valence-electron chi connectivity index (χ3n) is 3.82. The van der Waals surface area contributed by atoms with Gasteiger partial charge in [0, 0.05) is 18.2 Å². The average Bonchev–Trinajstić information content (AvgIpc) is 2.93. The van der Waals surface area contributed by atoms with Crippen LogP contribution in [-0.2, 0) is 19.4 Å². The van der Waals surface area contributed by atoms with Gasteiger partial charge in [-0.15, -0.1) is 0 Å². The van der Waals surface area contributed by atoms with Crippen LogP contribution < -0.4 is 0 Å². The molecule has 3 rings (SSSR count). The van der Waals surface area contributed by atoms with Gasteiger partial charge in [-0.05, 0) is 41.0 Å². The van der Waals surface area contributed by atoms with Crippen LogP contribution in [0.5, 0.6) is 0 Å². The van der Waals surface area contributed by atoms with Crippen molar-refractivity contribution in [3.63, 3.8) is 0 Å². The molecule has 0 bridgehead atoms. The topological polar surface area (TPSA) is 60.4 Å². The van der Waals surface area contributed by atoms with E-state index in [-0.39, 0.29) is 11.5 Å². The Morgan fingerprint density at radius 3 is 2.33 bits per heavy atom. The van der Waals surface area contributed by atoms with E-state index in [0.29, 0.717) is 28.7 Å². The maximum Gasteiger partial charge on any atom is 0.334 e. The molecular weight excluding hydrogens is 331 g/mol. The minimum absolute atomic E-state index is 0.184. The van der Waals surface area contributed by atoms with Gasteiger partial charge in [-0.2, -0.15) is 0 Å². The molecule has 1 aliphatic heterocycles. The van der Waals surface area contributed by atoms with Crippen molar-refractivity contribution in [2.75, 3.05) is 12.9 Å². The summed E-state index contributed by atoms with van der Waals surface area (Å²) in [6, 6.07) is 12.1. The van der Waals surface area contributed by atoms with Gasteiger partial charge in [0.25, 0.3) is 0 Å². The number of sulfone groups is 1. The summed E-state index contributed by atoms with van der Waals surface area (Å²) in [5, 5.41) is 0. The van der Waals surface area contributed by atoms with Gasteiger partial charge in [-0.25, -0.2) is 17.6 Å². The first-order chi connectivity index (χ1) is 11.4. The Morgan fingerprint density at radius 2 is 1.79 bits per heavy atom. The molecule has 0 N–H and O–H groups in total. The molecule has 0 unspecified atom stereocenters. The number of carbonyl (C=O) groups is 1. The molecule has 6 heteroatoms. The van der Waals surface area contributed by atoms with E-state index in [9.17, 15) is 17.6 Å². The summed E-state index contributed by atoms with van der Waals surface area (Å²) in [6.45, 7) is 0.286. The fourth-order valence-electron chi connectivity index (χ4n) is 2.69. The highest BCUT2D eigenvalue weighted by Gasteiger charge is 2.25. The number of ether oxygens (including phenoxy) is 1. The van der Waals surface area contributed by atoms with Gasteiger partial charge in [0.15, 0.2) is 9.84 Å². The van der Waals surface area contributed by atoms with Gasteiger partial charge >= 0.3 is 5.97 Å². The molecule has 0 radical (unpaired) electrons. The standard InChI is InChI=1S/C18H15FO4S/c1-24(21,22)15-7-5-12(6-8-15)17(16-9-10-23-18(16)20)13-3-2-4-14(19)11-13/h2-8,11H,9-10H2,1H3/b17-16+. The zero-order chi connectivity index (χ0) is 17.3. The van der Waals surface area contributed by atoms with Crippen molar-refractivity contribution >= 4 is 21.4 Å². The van der Waals surface area contributed by atoms with Gasteiger partial charge in [-0.1, -0.05) is 24.3 Å². The lowest BCUT2D eigenvalue weighted by molar-refractivity contribution is -0.135. The minimum Gasteiger partial charge on any atom is -0.462 e. The summed E-state index contributed by atoms with van der Waals surface area (Å²) in [6.07, 6.45) is 1.56. The average molecular weight is 346 g/mol. The van der Waals surface area contributed by atoms with E-state index in [1.165, 1.54) is 24.3 Å². The summed E-state index contributed by atoms with van der Waals surface area (Å²) in [7, 11) is -3.31. The zero-order valence-electron chi connectivity index (χ0n) is 13.0. The predicted octanol–water partition coefficient (Wildman–Crippen LogP) is 2.98. The Balaban J connectivity index is 2.18. The summed E-state index contributed by atoms with van der Waals surface area (Å²) < 4.78 is 41.8. The Bertz CT molecular complexity index is 928. The fourth-order valence-corrected chi connectivity index (χ4v) is 3.32. The molecule has 0 aliphatic carbocycles. The van der Waals surface area contributed by atoms with Crippen molar-refractivity contribution in [1.82, 2.24) is 0 Å². The maximum atomic E-state index is 13.6. The van der Waals surface area contributed by atoms with E-state index in [4.69, 9.17) is 4.74 Å². The van der Waals surface area contributed by atoms with Crippen molar-refractivity contribution in [1.29, 1.82) is 0 Å². The molecule has 0 saturated carbocycles. The largest absolute Gasteiger partial charge is 0.462 e. The summed E-state index contributed by atoms with van der Waals surface area (Å²) in [5.41, 5.74) is 2.22. The number of halogens is 1. The van der Waals surface area contributed by atoms with Crippen molar-refractivity contribution in [2.24, 2.45) is 0 Å². The lowest BCUT2D eigenvalue weighted by atomic mass is 9.92. The van der Waals surface area contributed by atoms with Crippen molar-refractivity contribution in [3.8, 4) is 0 Å². The van der Waals surface area contributed by atoms with E-state index in [2.05, 4.69) is 0 Å². The normalized spacial score (nSPS) is 16.8. The van der Waals surface area contributed by atoms with E-state index in [1.807, 2.05) is 0 Å². The van der Waals surface area contributed by atoms with Crippen LogP contribution in [0.25, 0.3) is 5.57 Å². The van der Waals surface area contributed by atoms with Crippen molar-refractivity contribution in [2.45, 2.75) is 11.3 Å². The number of benzene rings is 2. The highest BCUT2D eigenvalue weighted by atomic mass is 32.2. The Kier molecular flexibility index (Phi) is 4.24. The number of rotatable bonds is 3. The number of cyclic esters (lactones) is 1. The molecule has 0 spiro atoms. The van der Waals surface area contributed by atoms with Gasteiger partial charge in [0.1, 0.15) is 5.82 Å². The zero-order valence-corrected chi connectivity index (χ0v) is 13.8. The van der Waals surface area contributed by atoms with Crippen LogP contribution in [0.15, 0.2) is 59.0 Å². The molecule has 1 aliphatic rings. The number of hydrogen-bond donors (Lipinski definition) is 0. The molecule has 0 atom stereocenters. The molecule has 2 aromatic carbocycles. The van der Waals surface area contributed by atoms with E-state index >= 15 is 0 Å². The lowest BCUT2D eigenvalue weighted by Gasteiger charge is -2.12. The van der Waals surface area contributed by atoms with Gasteiger partial charge in [-0.3, -0.25) is 0 Å². The van der Waals surface area contributed by atoms with Crippen LogP contribution in [0, 0.1) is 5.82 Å². The van der Waals surface area contributed by atoms with Crippen LogP contribution in [0.2, 0.25) is 0 Å². The Hall–Kier alpha value is -2.47. The number of carbonyl (C=O) groups excluding carboxylic acids is 1. The summed E-state index contributed by atoms with van der Waals surface area (Å²) in [5.74, 6) is -0.842. The monoisotopic (exact) mass is 346 g/mol. The first-order valence-corrected chi connectivity index (χ1v) is 9.22. The van der Waals surface area contributed by atoms with Crippen LogP contribution >= 0.6 is 0 Å². The summed E-state index contributed by atoms with van der Waals surface area (Å²) in [4.78, 5) is 12.2. The molecule has 2 aromatic rings. The molecule has 0 aromatic heterocycles. The quantitative estimate of drug-likeness (QED) is 0.633. The summed E-state index contributed by atoms with van der Waals surface area (Å²) >= 11 is 0. The first kappa shape index (κ1) is 16.4. The maximum absolute atomic E-state index is 13.6. The predicted molar refractivity (Wildman–Crippen MR) is 87.5 cm³/mol. The van der Waals surface area contributed by atoms with Crippen molar-refractivity contribution in [3.05, 3.63) is 71.0 Å². The third-order valence-corrected chi connectivity index (χ3v) is 4.95. The smallest absolute Gasteiger partial charge is 0.334 e. The van der Waals surface area contributed by atoms with E-state index in [0.717, 1.165) is 6.26 Å². The Morgan fingerprint density at radius 1 is 1.08 bits per heavy atom. The van der Waals surface area contributed by atoms with Crippen LogP contribution in [0.4, 0.5) is 4.39 Å². The molecule has 124 valence electrons. The SMILES string of the molecule is CS(=O)(=O)c1ccc(/C(=C2/CCOC2=O)c2cccc(F)c2)cc1. The number of hydrogen-bond acceptors (Lipinski definition) is 4. The van der Waals surface area contributed by atoms with E-state index < -0.39 is 21.6 Å². The van der Waals surface area contributed by atoms with Gasteiger partial charge in [0.05, 0.1) is 11.5 Å². The van der Waals surface area contributed by atoms with Crippen LogP contribution in [0.1, 0.15) is 17.5 Å². The van der Waals surface area contributed by atoms with Crippen molar-refractivity contribution < 1.29 is 22.3 Å². The minimum atomic E-state index is -3.31. The first-order valence-electron chi connectivity index (χ1n) is 7.33. The third kappa shape index (κ3) is 3.23. The fraction of sp³-hybridized carbons (Fsp3) is 0.167. The molecular formula is C18H15FO4S. The second-order valence-corrected chi connectivity index (χ2v) is 7.56. The molecule has 24 heavy (non-hydrogen) atoms. The molecule has 1 fully saturated rings. The van der Waals surface area contributed by atoms with Crippen LogP contribution in [-0.4, -0.2) is 27.2 Å². The van der Waals surface area contributed by atoms with Crippen LogP contribution in [0.3, 0.4) is 0 Å². The highest BCUT2D eigenvalue weighted by molar-refractivity contribution is 7.90. The second kappa shape index (κ2) is 6.20. The lowest BCUT2D eigenvalue weighted by Crippen LogP contribution is -2.02. The molecule has 1 saturated heterocycles. The molecule has 1 heterocycles. The second-order valence-electron chi connectivity index (χ2n) is 5.55. The van der Waals surface area contributed by atoms with Gasteiger partial charge < -0.3 is 4.74 Å². The van der Waals surface area contributed by atoms with E-state index in [1.54, 1.807) is 24.3 Å². The molecule has 0 amide bonds. The number of esters is 1.